The number of furan rings is 1. The third kappa shape index (κ3) is 2.92. The first-order valence-corrected chi connectivity index (χ1v) is 3.55. The maximum atomic E-state index is 8.44. The predicted molar refractivity (Wildman–Crippen MR) is 41.9 cm³/mol. The predicted octanol–water partition coefficient (Wildman–Crippen LogP) is 1.40. The number of hydrogen-bond donors (Lipinski definition) is 1. The lowest BCUT2D eigenvalue weighted by Gasteiger charge is -1.82. The molecule has 2 nitrogen and oxygen atoms in total. The first-order chi connectivity index (χ1) is 5.43. The Hall–Kier alpha value is -1.20. The summed E-state index contributed by atoms with van der Waals surface area (Å²) < 4.78 is 4.82. The van der Waals surface area contributed by atoms with Gasteiger partial charge < -0.3 is 9.52 Å². The maximum absolute atomic E-state index is 8.44. The third-order valence-electron chi connectivity index (χ3n) is 1.21. The Morgan fingerprint density at radius 3 is 3.09 bits per heavy atom. The molecule has 0 aliphatic carbocycles. The van der Waals surface area contributed by atoms with Crippen molar-refractivity contribution in [2.75, 3.05) is 6.61 Å². The lowest BCUT2D eigenvalue weighted by Crippen LogP contribution is -1.78. The van der Waals surface area contributed by atoms with E-state index < -0.39 is 0 Å². The number of rotatable bonds is 2. The van der Waals surface area contributed by atoms with Crippen LogP contribution in [-0.2, 0) is 0 Å². The van der Waals surface area contributed by atoms with Crippen LogP contribution in [0, 0.1) is 11.8 Å². The summed E-state index contributed by atoms with van der Waals surface area (Å²) in [6.45, 7) is 0.208. The molecule has 1 N–H and O–H groups in total. The highest BCUT2D eigenvalue weighted by Gasteiger charge is 1.84. The highest BCUT2D eigenvalue weighted by molar-refractivity contribution is 5.29. The van der Waals surface area contributed by atoms with Gasteiger partial charge in [-0.15, -0.1) is 0 Å². The van der Waals surface area contributed by atoms with Gasteiger partial charge in [-0.05, 0) is 12.5 Å². The molecule has 58 valence electrons. The van der Waals surface area contributed by atoms with E-state index in [1.807, 2.05) is 6.07 Å². The van der Waals surface area contributed by atoms with Crippen LogP contribution in [0.5, 0.6) is 0 Å². The lowest BCUT2D eigenvalue weighted by molar-refractivity contribution is 0.290. The molecule has 0 saturated carbocycles. The molecule has 1 rings (SSSR count). The van der Waals surface area contributed by atoms with Crippen LogP contribution in [0.3, 0.4) is 0 Å². The average Bonchev–Trinajstić information content (AvgIpc) is 2.50. The zero-order valence-electron chi connectivity index (χ0n) is 6.21. The van der Waals surface area contributed by atoms with Gasteiger partial charge in [0.25, 0.3) is 0 Å². The number of unbranched alkanes of at least 4 members (excludes halogenated alkanes) is 1. The summed E-state index contributed by atoms with van der Waals surface area (Å²) >= 11 is 0. The highest BCUT2D eigenvalue weighted by atomic mass is 16.3. The van der Waals surface area contributed by atoms with Gasteiger partial charge in [0.05, 0.1) is 11.8 Å². The van der Waals surface area contributed by atoms with Gasteiger partial charge in [-0.3, -0.25) is 0 Å². The van der Waals surface area contributed by atoms with Crippen LogP contribution in [0.1, 0.15) is 18.4 Å². The normalized spacial score (nSPS) is 8.82. The summed E-state index contributed by atoms with van der Waals surface area (Å²) in [4.78, 5) is 0. The molecule has 2 heteroatoms. The summed E-state index contributed by atoms with van der Waals surface area (Å²) in [5.74, 6) is 5.82. The van der Waals surface area contributed by atoms with Gasteiger partial charge in [0.1, 0.15) is 6.26 Å². The molecule has 11 heavy (non-hydrogen) atoms. The molecule has 0 aliphatic heterocycles. The summed E-state index contributed by atoms with van der Waals surface area (Å²) in [6, 6.07) is 1.81. The van der Waals surface area contributed by atoms with Crippen molar-refractivity contribution in [1.82, 2.24) is 0 Å². The minimum absolute atomic E-state index is 0.208. The summed E-state index contributed by atoms with van der Waals surface area (Å²) in [5.41, 5.74) is 0.892. The van der Waals surface area contributed by atoms with Gasteiger partial charge in [0.2, 0.25) is 0 Å². The Morgan fingerprint density at radius 1 is 1.55 bits per heavy atom. The summed E-state index contributed by atoms with van der Waals surface area (Å²) in [7, 11) is 0. The molecule has 0 radical (unpaired) electrons. The van der Waals surface area contributed by atoms with Crippen molar-refractivity contribution in [3.8, 4) is 11.8 Å². The fourth-order valence-electron chi connectivity index (χ4n) is 0.668. The van der Waals surface area contributed by atoms with Gasteiger partial charge in [0.15, 0.2) is 0 Å². The molecule has 0 spiro atoms. The van der Waals surface area contributed by atoms with Crippen molar-refractivity contribution in [1.29, 1.82) is 0 Å². The smallest absolute Gasteiger partial charge is 0.106 e. The Morgan fingerprint density at radius 2 is 2.45 bits per heavy atom. The zero-order valence-corrected chi connectivity index (χ0v) is 6.21. The van der Waals surface area contributed by atoms with Crippen LogP contribution < -0.4 is 0 Å². The molecular weight excluding hydrogens is 140 g/mol. The van der Waals surface area contributed by atoms with Crippen molar-refractivity contribution in [2.45, 2.75) is 12.8 Å². The lowest BCUT2D eigenvalue weighted by atomic mass is 10.3. The van der Waals surface area contributed by atoms with Crippen LogP contribution in [0.4, 0.5) is 0 Å². The molecule has 0 unspecified atom stereocenters. The molecule has 0 amide bonds. The highest BCUT2D eigenvalue weighted by Crippen LogP contribution is 1.96. The SMILES string of the molecule is OCCCC#Cc1ccoc1. The molecule has 1 aromatic heterocycles. The average molecular weight is 150 g/mol. The van der Waals surface area contributed by atoms with Crippen LogP contribution >= 0.6 is 0 Å². The van der Waals surface area contributed by atoms with Gasteiger partial charge in [-0.1, -0.05) is 11.8 Å². The fraction of sp³-hybridized carbons (Fsp3) is 0.333. The van der Waals surface area contributed by atoms with Crippen molar-refractivity contribution in [2.24, 2.45) is 0 Å². The van der Waals surface area contributed by atoms with E-state index in [1.165, 1.54) is 0 Å². The minimum atomic E-state index is 0.208. The second-order valence-corrected chi connectivity index (χ2v) is 2.14. The molecule has 0 bridgehead atoms. The molecule has 0 aliphatic rings. The number of hydrogen-bond acceptors (Lipinski definition) is 2. The monoisotopic (exact) mass is 150 g/mol. The van der Waals surface area contributed by atoms with E-state index in [0.717, 1.165) is 18.4 Å². The van der Waals surface area contributed by atoms with Crippen molar-refractivity contribution in [3.63, 3.8) is 0 Å². The largest absolute Gasteiger partial charge is 0.471 e. The van der Waals surface area contributed by atoms with E-state index >= 15 is 0 Å². The van der Waals surface area contributed by atoms with E-state index in [4.69, 9.17) is 9.52 Å². The standard InChI is InChI=1S/C9H10O2/c10-6-3-1-2-4-9-5-7-11-8-9/h5,7-8,10H,1,3,6H2. The topological polar surface area (TPSA) is 33.4 Å². The van der Waals surface area contributed by atoms with Crippen LogP contribution in [-0.4, -0.2) is 11.7 Å². The Balaban J connectivity index is 2.33. The molecule has 1 heterocycles. The molecular formula is C9H10O2. The first-order valence-electron chi connectivity index (χ1n) is 3.55. The minimum Gasteiger partial charge on any atom is -0.471 e. The van der Waals surface area contributed by atoms with E-state index in [1.54, 1.807) is 12.5 Å². The van der Waals surface area contributed by atoms with Gasteiger partial charge >= 0.3 is 0 Å². The number of aliphatic hydroxyl groups excluding tert-OH is 1. The number of aliphatic hydroxyl groups is 1. The maximum Gasteiger partial charge on any atom is 0.106 e. The molecule has 0 fully saturated rings. The fourth-order valence-corrected chi connectivity index (χ4v) is 0.668. The van der Waals surface area contributed by atoms with E-state index in [9.17, 15) is 0 Å². The second-order valence-electron chi connectivity index (χ2n) is 2.14. The second kappa shape index (κ2) is 4.59. The zero-order chi connectivity index (χ0) is 7.94. The molecule has 1 aromatic rings. The van der Waals surface area contributed by atoms with Gasteiger partial charge in [-0.2, -0.15) is 0 Å². The summed E-state index contributed by atoms with van der Waals surface area (Å²) in [6.07, 6.45) is 4.68. The third-order valence-corrected chi connectivity index (χ3v) is 1.21. The van der Waals surface area contributed by atoms with Crippen molar-refractivity contribution in [3.05, 3.63) is 24.2 Å². The van der Waals surface area contributed by atoms with Crippen LogP contribution in [0.2, 0.25) is 0 Å². The first kappa shape index (κ1) is 7.90. The Labute approximate surface area is 65.8 Å². The van der Waals surface area contributed by atoms with Crippen molar-refractivity contribution >= 4 is 0 Å². The molecule has 0 saturated heterocycles. The van der Waals surface area contributed by atoms with E-state index in [-0.39, 0.29) is 6.61 Å². The van der Waals surface area contributed by atoms with Crippen LogP contribution in [0.25, 0.3) is 0 Å². The molecule has 0 aromatic carbocycles. The van der Waals surface area contributed by atoms with E-state index in [2.05, 4.69) is 11.8 Å². The quantitative estimate of drug-likeness (QED) is 0.510. The van der Waals surface area contributed by atoms with Gasteiger partial charge in [-0.25, -0.2) is 0 Å². The molecule has 0 atom stereocenters. The van der Waals surface area contributed by atoms with Crippen molar-refractivity contribution < 1.29 is 9.52 Å². The Kier molecular flexibility index (Phi) is 3.30. The Bertz CT molecular complexity index is 238. The van der Waals surface area contributed by atoms with E-state index in [0.29, 0.717) is 0 Å². The van der Waals surface area contributed by atoms with Crippen LogP contribution in [0.15, 0.2) is 23.0 Å². The van der Waals surface area contributed by atoms with Gasteiger partial charge in [0, 0.05) is 13.0 Å². The summed E-state index contributed by atoms with van der Waals surface area (Å²) in [5, 5.41) is 8.44.